The molecule has 0 spiro atoms. The zero-order valence-electron chi connectivity index (χ0n) is 9.79. The van der Waals surface area contributed by atoms with Crippen LogP contribution in [0.25, 0.3) is 0 Å². The van der Waals surface area contributed by atoms with Crippen molar-refractivity contribution in [3.63, 3.8) is 0 Å². The van der Waals surface area contributed by atoms with E-state index in [1.807, 2.05) is 0 Å². The molecule has 0 saturated carbocycles. The Balaban J connectivity index is 4.95. The van der Waals surface area contributed by atoms with Gasteiger partial charge >= 0.3 is 18.0 Å². The lowest BCUT2D eigenvalue weighted by Crippen LogP contribution is -2.57. The summed E-state index contributed by atoms with van der Waals surface area (Å²) >= 11 is 0.327. The van der Waals surface area contributed by atoms with Gasteiger partial charge in [0.25, 0.3) is 6.17 Å². The minimum absolute atomic E-state index is 0.327. The molecule has 0 aromatic rings. The lowest BCUT2D eigenvalue weighted by atomic mass is 10.0. The van der Waals surface area contributed by atoms with Crippen LogP contribution in [0.1, 0.15) is 13.3 Å². The average molecular weight is 336 g/mol. The molecule has 0 rings (SSSR count). The highest BCUT2D eigenvalue weighted by Gasteiger charge is 2.72. The van der Waals surface area contributed by atoms with Gasteiger partial charge in [0, 0.05) is 12.7 Å². The second-order valence-corrected chi connectivity index (χ2v) is 5.02. The molecule has 2 atom stereocenters. The van der Waals surface area contributed by atoms with E-state index in [-0.39, 0.29) is 0 Å². The molecule has 0 aliphatic heterocycles. The fourth-order valence-corrected chi connectivity index (χ4v) is 1.68. The van der Waals surface area contributed by atoms with Crippen LogP contribution in [0.15, 0.2) is 0 Å². The highest BCUT2D eigenvalue weighted by molar-refractivity contribution is 8.13. The van der Waals surface area contributed by atoms with Crippen LogP contribution in [0.3, 0.4) is 0 Å². The molecule has 20 heavy (non-hydrogen) atoms. The van der Waals surface area contributed by atoms with Gasteiger partial charge in [-0.1, -0.05) is 11.8 Å². The lowest BCUT2D eigenvalue weighted by molar-refractivity contribution is -0.318. The summed E-state index contributed by atoms with van der Waals surface area (Å²) in [5.41, 5.74) is 0. The highest BCUT2D eigenvalue weighted by atomic mass is 32.2. The van der Waals surface area contributed by atoms with Crippen LogP contribution in [0, 0.1) is 0 Å². The SMILES string of the molecule is CC(=O)SCCC(F)C(F)(F)C(F)(F)C(F)C(F)(F)F. The van der Waals surface area contributed by atoms with Crippen LogP contribution >= 0.6 is 11.8 Å². The normalized spacial score (nSPS) is 16.9. The Morgan fingerprint density at radius 2 is 1.45 bits per heavy atom. The number of halogens is 9. The molecule has 0 aromatic carbocycles. The maximum absolute atomic E-state index is 13.0. The number of carbonyl (C=O) groups is 1. The molecule has 0 aromatic heterocycles. The molecule has 2 unspecified atom stereocenters. The second kappa shape index (κ2) is 6.44. The number of carbonyl (C=O) groups excluding carboxylic acids is 1. The molecular formula is C9H9F9OS. The maximum atomic E-state index is 13.0. The van der Waals surface area contributed by atoms with Crippen molar-refractivity contribution < 1.29 is 44.3 Å². The van der Waals surface area contributed by atoms with E-state index in [2.05, 4.69) is 0 Å². The third-order valence-corrected chi connectivity index (χ3v) is 2.97. The molecule has 0 heterocycles. The van der Waals surface area contributed by atoms with Crippen molar-refractivity contribution in [1.29, 1.82) is 0 Å². The van der Waals surface area contributed by atoms with Crippen LogP contribution in [0.5, 0.6) is 0 Å². The monoisotopic (exact) mass is 336 g/mol. The highest BCUT2D eigenvalue weighted by Crippen LogP contribution is 2.47. The van der Waals surface area contributed by atoms with Gasteiger partial charge in [-0.15, -0.1) is 0 Å². The molecule has 1 nitrogen and oxygen atoms in total. The summed E-state index contributed by atoms with van der Waals surface area (Å²) in [4.78, 5) is 10.4. The van der Waals surface area contributed by atoms with E-state index in [1.165, 1.54) is 0 Å². The van der Waals surface area contributed by atoms with Gasteiger partial charge in [-0.25, -0.2) is 8.78 Å². The van der Waals surface area contributed by atoms with E-state index in [0.717, 1.165) is 6.92 Å². The topological polar surface area (TPSA) is 17.1 Å². The third kappa shape index (κ3) is 4.45. The molecule has 0 aliphatic carbocycles. The quantitative estimate of drug-likeness (QED) is 0.678. The Hall–Kier alpha value is -0.610. The first kappa shape index (κ1) is 19.4. The minimum atomic E-state index is -6.25. The van der Waals surface area contributed by atoms with E-state index in [1.54, 1.807) is 0 Å². The Kier molecular flexibility index (Phi) is 6.24. The van der Waals surface area contributed by atoms with E-state index in [0.29, 0.717) is 11.8 Å². The number of alkyl halides is 9. The molecule has 0 radical (unpaired) electrons. The van der Waals surface area contributed by atoms with Crippen molar-refractivity contribution in [2.45, 2.75) is 43.7 Å². The van der Waals surface area contributed by atoms with Crippen molar-refractivity contribution in [2.24, 2.45) is 0 Å². The lowest BCUT2D eigenvalue weighted by Gasteiger charge is -2.31. The van der Waals surface area contributed by atoms with Gasteiger partial charge in [-0.3, -0.25) is 4.79 Å². The number of rotatable bonds is 6. The van der Waals surface area contributed by atoms with E-state index < -0.39 is 47.7 Å². The van der Waals surface area contributed by atoms with Crippen LogP contribution in [0.2, 0.25) is 0 Å². The molecule has 0 saturated heterocycles. The van der Waals surface area contributed by atoms with Gasteiger partial charge in [0.05, 0.1) is 0 Å². The van der Waals surface area contributed by atoms with E-state index in [4.69, 9.17) is 0 Å². The second-order valence-electron chi connectivity index (χ2n) is 3.75. The number of thioether (sulfide) groups is 1. The smallest absolute Gasteiger partial charge is 0.288 e. The summed E-state index contributed by atoms with van der Waals surface area (Å²) in [7, 11) is 0. The zero-order chi connectivity index (χ0) is 16.4. The predicted molar refractivity (Wildman–Crippen MR) is 53.5 cm³/mol. The van der Waals surface area contributed by atoms with Crippen molar-refractivity contribution >= 4 is 16.9 Å². The Bertz CT molecular complexity index is 341. The molecular weight excluding hydrogens is 327 g/mol. The van der Waals surface area contributed by atoms with Crippen LogP contribution < -0.4 is 0 Å². The van der Waals surface area contributed by atoms with Gasteiger partial charge < -0.3 is 0 Å². The largest absolute Gasteiger partial charge is 0.425 e. The zero-order valence-corrected chi connectivity index (χ0v) is 10.6. The van der Waals surface area contributed by atoms with Crippen molar-refractivity contribution in [2.75, 3.05) is 5.75 Å². The molecule has 0 aliphatic rings. The summed E-state index contributed by atoms with van der Waals surface area (Å²) in [6.45, 7) is 0.992. The first-order chi connectivity index (χ1) is 8.74. The predicted octanol–water partition coefficient (Wildman–Crippen LogP) is 4.17. The Morgan fingerprint density at radius 3 is 1.80 bits per heavy atom. The van der Waals surface area contributed by atoms with Gasteiger partial charge in [0.1, 0.15) is 0 Å². The molecule has 11 heteroatoms. The Labute approximate surface area is 111 Å². The first-order valence-corrected chi connectivity index (χ1v) is 5.97. The fraction of sp³-hybridized carbons (Fsp3) is 0.889. The standard InChI is InChI=1S/C9H9F9OS/c1-4(19)20-3-2-5(10)7(12,13)8(14,15)6(11)9(16,17)18/h5-6H,2-3H2,1H3. The van der Waals surface area contributed by atoms with Crippen LogP contribution in [-0.4, -0.2) is 41.2 Å². The molecule has 0 N–H and O–H groups in total. The van der Waals surface area contributed by atoms with Crippen molar-refractivity contribution in [3.8, 4) is 0 Å². The van der Waals surface area contributed by atoms with Gasteiger partial charge in [0.2, 0.25) is 0 Å². The molecule has 0 bridgehead atoms. The number of hydrogen-bond acceptors (Lipinski definition) is 2. The summed E-state index contributed by atoms with van der Waals surface area (Å²) in [6, 6.07) is 0. The summed E-state index contributed by atoms with van der Waals surface area (Å²) in [5, 5.41) is -0.620. The van der Waals surface area contributed by atoms with E-state index in [9.17, 15) is 44.3 Å². The van der Waals surface area contributed by atoms with Crippen LogP contribution in [-0.2, 0) is 4.79 Å². The summed E-state index contributed by atoms with van der Waals surface area (Å²) in [5.74, 6) is -12.7. The van der Waals surface area contributed by atoms with Crippen molar-refractivity contribution in [3.05, 3.63) is 0 Å². The Morgan fingerprint density at radius 1 is 1.00 bits per heavy atom. The number of hydrogen-bond donors (Lipinski definition) is 0. The maximum Gasteiger partial charge on any atom is 0.425 e. The molecule has 120 valence electrons. The summed E-state index contributed by atoms with van der Waals surface area (Å²) in [6.07, 6.45) is -16.5. The minimum Gasteiger partial charge on any atom is -0.288 e. The van der Waals surface area contributed by atoms with Crippen molar-refractivity contribution in [1.82, 2.24) is 0 Å². The van der Waals surface area contributed by atoms with Crippen LogP contribution in [0.4, 0.5) is 39.5 Å². The average Bonchev–Trinajstić information content (AvgIpc) is 2.25. The summed E-state index contributed by atoms with van der Waals surface area (Å²) < 4.78 is 112. The van der Waals surface area contributed by atoms with Gasteiger partial charge in [-0.2, -0.15) is 30.7 Å². The third-order valence-electron chi connectivity index (χ3n) is 2.12. The molecule has 0 amide bonds. The first-order valence-electron chi connectivity index (χ1n) is 4.98. The van der Waals surface area contributed by atoms with Gasteiger partial charge in [0.15, 0.2) is 11.3 Å². The van der Waals surface area contributed by atoms with E-state index >= 15 is 0 Å². The fourth-order valence-electron chi connectivity index (χ4n) is 1.07. The molecule has 0 fully saturated rings. The van der Waals surface area contributed by atoms with Gasteiger partial charge in [-0.05, 0) is 6.42 Å².